The molecule has 7 nitrogen and oxygen atoms in total. The zero-order valence-electron chi connectivity index (χ0n) is 15.1. The number of hydrogen-bond donors (Lipinski definition) is 2. The normalized spacial score (nSPS) is 17.5. The van der Waals surface area contributed by atoms with Crippen LogP contribution in [0.25, 0.3) is 0 Å². The lowest BCUT2D eigenvalue weighted by Crippen LogP contribution is -2.50. The second-order valence-corrected chi connectivity index (χ2v) is 9.40. The van der Waals surface area contributed by atoms with E-state index in [-0.39, 0.29) is 23.9 Å². The minimum atomic E-state index is -3.14. The number of piperidine rings is 1. The standard InChI is InChI=1S/C17H26BrN3O4S/c1-3-26(23,24)21-10-8-14(9-11-21)20-17(22)19-12-13(2)25-16-7-5-4-6-15(16)18/h4-7,13-14H,3,8-12H2,1-2H3,(H2,19,20,22). The molecule has 26 heavy (non-hydrogen) atoms. The number of nitrogens with one attached hydrogen (secondary N) is 2. The number of nitrogens with zero attached hydrogens (tertiary/aromatic N) is 1. The first-order valence-electron chi connectivity index (χ1n) is 8.75. The SMILES string of the molecule is CCS(=O)(=O)N1CCC(NC(=O)NCC(C)Oc2ccccc2Br)CC1. The molecule has 1 aliphatic heterocycles. The molecule has 0 saturated carbocycles. The molecule has 146 valence electrons. The fourth-order valence-corrected chi connectivity index (χ4v) is 4.24. The molecule has 2 rings (SSSR count). The fourth-order valence-electron chi connectivity index (χ4n) is 2.73. The molecular weight excluding hydrogens is 422 g/mol. The monoisotopic (exact) mass is 447 g/mol. The van der Waals surface area contributed by atoms with Crippen LogP contribution in [0, 0.1) is 0 Å². The van der Waals surface area contributed by atoms with Crippen molar-refractivity contribution < 1.29 is 17.9 Å². The fraction of sp³-hybridized carbons (Fsp3) is 0.588. The van der Waals surface area contributed by atoms with E-state index < -0.39 is 10.0 Å². The van der Waals surface area contributed by atoms with E-state index in [1.54, 1.807) is 6.92 Å². The maximum atomic E-state index is 12.1. The van der Waals surface area contributed by atoms with Crippen molar-refractivity contribution in [2.75, 3.05) is 25.4 Å². The van der Waals surface area contributed by atoms with Gasteiger partial charge in [-0.25, -0.2) is 17.5 Å². The van der Waals surface area contributed by atoms with E-state index in [1.165, 1.54) is 4.31 Å². The zero-order chi connectivity index (χ0) is 19.2. The maximum absolute atomic E-state index is 12.1. The van der Waals surface area contributed by atoms with E-state index in [0.29, 0.717) is 32.5 Å². The molecule has 1 aromatic carbocycles. The quantitative estimate of drug-likeness (QED) is 0.671. The Bertz CT molecular complexity index is 706. The molecule has 1 saturated heterocycles. The van der Waals surface area contributed by atoms with Crippen LogP contribution < -0.4 is 15.4 Å². The van der Waals surface area contributed by atoms with E-state index >= 15 is 0 Å². The van der Waals surface area contributed by atoms with Gasteiger partial charge in [-0.05, 0) is 54.8 Å². The summed E-state index contributed by atoms with van der Waals surface area (Å²) in [7, 11) is -3.14. The van der Waals surface area contributed by atoms with Gasteiger partial charge >= 0.3 is 6.03 Å². The Balaban J connectivity index is 1.70. The molecule has 1 aromatic rings. The number of sulfonamides is 1. The topological polar surface area (TPSA) is 87.7 Å². The molecule has 0 spiro atoms. The van der Waals surface area contributed by atoms with Crippen molar-refractivity contribution in [2.45, 2.75) is 38.8 Å². The summed E-state index contributed by atoms with van der Waals surface area (Å²) in [6.45, 7) is 4.79. The Labute approximate surface area is 163 Å². The third-order valence-electron chi connectivity index (χ3n) is 4.26. The molecule has 1 aliphatic rings. The van der Waals surface area contributed by atoms with Gasteiger partial charge in [0.2, 0.25) is 10.0 Å². The van der Waals surface area contributed by atoms with Crippen molar-refractivity contribution in [2.24, 2.45) is 0 Å². The summed E-state index contributed by atoms with van der Waals surface area (Å²) >= 11 is 3.42. The molecule has 2 amide bonds. The van der Waals surface area contributed by atoms with Crippen LogP contribution in [0.4, 0.5) is 4.79 Å². The van der Waals surface area contributed by atoms with Crippen molar-refractivity contribution in [3.8, 4) is 5.75 Å². The number of hydrogen-bond acceptors (Lipinski definition) is 4. The highest BCUT2D eigenvalue weighted by molar-refractivity contribution is 9.10. The number of ether oxygens (including phenoxy) is 1. The molecule has 2 N–H and O–H groups in total. The Hall–Kier alpha value is -1.32. The first-order chi connectivity index (χ1) is 12.3. The van der Waals surface area contributed by atoms with Gasteiger partial charge in [-0.1, -0.05) is 12.1 Å². The smallest absolute Gasteiger partial charge is 0.315 e. The average Bonchev–Trinajstić information content (AvgIpc) is 2.62. The van der Waals surface area contributed by atoms with Gasteiger partial charge in [0.25, 0.3) is 0 Å². The van der Waals surface area contributed by atoms with Crippen LogP contribution in [0.1, 0.15) is 26.7 Å². The highest BCUT2D eigenvalue weighted by Gasteiger charge is 2.27. The lowest BCUT2D eigenvalue weighted by atomic mass is 10.1. The number of amides is 2. The lowest BCUT2D eigenvalue weighted by Gasteiger charge is -2.31. The first-order valence-corrected chi connectivity index (χ1v) is 11.2. The summed E-state index contributed by atoms with van der Waals surface area (Å²) in [6.07, 6.45) is 1.06. The molecule has 1 heterocycles. The zero-order valence-corrected chi connectivity index (χ0v) is 17.5. The summed E-state index contributed by atoms with van der Waals surface area (Å²) in [4.78, 5) is 12.1. The number of para-hydroxylation sites is 1. The van der Waals surface area contributed by atoms with Gasteiger partial charge in [0.1, 0.15) is 11.9 Å². The minimum Gasteiger partial charge on any atom is -0.488 e. The second-order valence-electron chi connectivity index (χ2n) is 6.29. The summed E-state index contributed by atoms with van der Waals surface area (Å²) in [5, 5.41) is 5.70. The van der Waals surface area contributed by atoms with Crippen LogP contribution in [0.5, 0.6) is 5.75 Å². The summed E-state index contributed by atoms with van der Waals surface area (Å²) < 4.78 is 31.8. The molecule has 1 fully saturated rings. The number of halogens is 1. The Kier molecular flexibility index (Phi) is 7.72. The predicted octanol–water partition coefficient (Wildman–Crippen LogP) is 2.33. The Morgan fingerprint density at radius 1 is 1.35 bits per heavy atom. The van der Waals surface area contributed by atoms with Crippen molar-refractivity contribution in [1.29, 1.82) is 0 Å². The number of carbonyl (C=O) groups is 1. The molecule has 1 unspecified atom stereocenters. The summed E-state index contributed by atoms with van der Waals surface area (Å²) in [5.41, 5.74) is 0. The Morgan fingerprint density at radius 2 is 2.00 bits per heavy atom. The van der Waals surface area contributed by atoms with Gasteiger partial charge in [0, 0.05) is 19.1 Å². The highest BCUT2D eigenvalue weighted by atomic mass is 79.9. The van der Waals surface area contributed by atoms with Crippen molar-refractivity contribution in [1.82, 2.24) is 14.9 Å². The van der Waals surface area contributed by atoms with Crippen molar-refractivity contribution in [3.63, 3.8) is 0 Å². The number of rotatable bonds is 7. The predicted molar refractivity (Wildman–Crippen MR) is 105 cm³/mol. The van der Waals surface area contributed by atoms with Crippen LogP contribution in [-0.2, 0) is 10.0 Å². The molecular formula is C17H26BrN3O4S. The molecule has 0 bridgehead atoms. The molecule has 1 atom stereocenters. The number of urea groups is 1. The van der Waals surface area contributed by atoms with Gasteiger partial charge < -0.3 is 15.4 Å². The number of carbonyl (C=O) groups excluding carboxylic acids is 1. The molecule has 0 radical (unpaired) electrons. The third-order valence-corrected chi connectivity index (χ3v) is 6.80. The van der Waals surface area contributed by atoms with E-state index in [0.717, 1.165) is 10.2 Å². The second kappa shape index (κ2) is 9.57. The van der Waals surface area contributed by atoms with Crippen LogP contribution in [0.15, 0.2) is 28.7 Å². The number of benzene rings is 1. The van der Waals surface area contributed by atoms with Gasteiger partial charge in [-0.2, -0.15) is 0 Å². The van der Waals surface area contributed by atoms with Gasteiger partial charge in [0.15, 0.2) is 0 Å². The van der Waals surface area contributed by atoms with Gasteiger partial charge in [-0.3, -0.25) is 0 Å². The molecule has 0 aliphatic carbocycles. The largest absolute Gasteiger partial charge is 0.488 e. The van der Waals surface area contributed by atoms with Crippen LogP contribution in [-0.4, -0.2) is 56.3 Å². The van der Waals surface area contributed by atoms with Crippen molar-refractivity contribution in [3.05, 3.63) is 28.7 Å². The van der Waals surface area contributed by atoms with E-state index in [1.807, 2.05) is 31.2 Å². The van der Waals surface area contributed by atoms with Crippen LogP contribution in [0.2, 0.25) is 0 Å². The highest BCUT2D eigenvalue weighted by Crippen LogP contribution is 2.24. The van der Waals surface area contributed by atoms with Gasteiger partial charge in [-0.15, -0.1) is 0 Å². The minimum absolute atomic E-state index is 0.0159. The Morgan fingerprint density at radius 3 is 2.62 bits per heavy atom. The van der Waals surface area contributed by atoms with Crippen LogP contribution >= 0.6 is 15.9 Å². The van der Waals surface area contributed by atoms with Crippen molar-refractivity contribution >= 4 is 32.0 Å². The van der Waals surface area contributed by atoms with Gasteiger partial charge in [0.05, 0.1) is 16.8 Å². The first kappa shape index (κ1) is 21.0. The van der Waals surface area contributed by atoms with E-state index in [2.05, 4.69) is 26.6 Å². The lowest BCUT2D eigenvalue weighted by molar-refractivity contribution is 0.202. The molecule has 0 aromatic heterocycles. The third kappa shape index (κ3) is 6.14. The van der Waals surface area contributed by atoms with Crippen LogP contribution in [0.3, 0.4) is 0 Å². The molecule has 9 heteroatoms. The summed E-state index contributed by atoms with van der Waals surface area (Å²) in [5.74, 6) is 0.841. The maximum Gasteiger partial charge on any atom is 0.315 e. The summed E-state index contributed by atoms with van der Waals surface area (Å²) in [6, 6.07) is 7.27. The van der Waals surface area contributed by atoms with E-state index in [9.17, 15) is 13.2 Å². The average molecular weight is 448 g/mol. The van der Waals surface area contributed by atoms with E-state index in [4.69, 9.17) is 4.74 Å².